The van der Waals surface area contributed by atoms with Gasteiger partial charge in [0.1, 0.15) is 5.75 Å². The van der Waals surface area contributed by atoms with Crippen LogP contribution >= 0.6 is 0 Å². The van der Waals surface area contributed by atoms with Crippen LogP contribution < -0.4 is 5.73 Å². The third-order valence-electron chi connectivity index (χ3n) is 4.13. The molecule has 0 radical (unpaired) electrons. The monoisotopic (exact) mass is 293 g/mol. The number of primary amides is 1. The van der Waals surface area contributed by atoms with Crippen LogP contribution in [0.1, 0.15) is 35.1 Å². The van der Waals surface area contributed by atoms with Crippen LogP contribution in [0.25, 0.3) is 11.6 Å². The Morgan fingerprint density at radius 1 is 1.00 bits per heavy atom. The zero-order valence-corrected chi connectivity index (χ0v) is 12.4. The highest BCUT2D eigenvalue weighted by Gasteiger charge is 2.11. The van der Waals surface area contributed by atoms with E-state index < -0.39 is 5.91 Å². The van der Waals surface area contributed by atoms with E-state index in [9.17, 15) is 9.90 Å². The number of benzene rings is 2. The van der Waals surface area contributed by atoms with Gasteiger partial charge in [-0.25, -0.2) is 0 Å². The number of nitrogens with two attached hydrogens (primary N) is 1. The first-order valence-electron chi connectivity index (χ1n) is 7.56. The average molecular weight is 293 g/mol. The summed E-state index contributed by atoms with van der Waals surface area (Å²) in [4.78, 5) is 11.8. The van der Waals surface area contributed by atoms with Crippen LogP contribution in [0.2, 0.25) is 0 Å². The molecule has 1 aliphatic rings. The van der Waals surface area contributed by atoms with Crippen LogP contribution in [0, 0.1) is 0 Å². The van der Waals surface area contributed by atoms with Crippen LogP contribution in [0.3, 0.4) is 0 Å². The first-order valence-corrected chi connectivity index (χ1v) is 7.56. The van der Waals surface area contributed by atoms with Gasteiger partial charge in [0.2, 0.25) is 5.91 Å². The van der Waals surface area contributed by atoms with E-state index in [0.717, 1.165) is 18.4 Å². The SMILES string of the molecule is NC(=O)/C(=C\c1ccc2c(c1)CCCC2)c1ccc(O)cc1. The molecular formula is C19H19NO2. The third-order valence-corrected chi connectivity index (χ3v) is 4.13. The van der Waals surface area contributed by atoms with E-state index in [4.69, 9.17) is 5.73 Å². The largest absolute Gasteiger partial charge is 0.508 e. The second kappa shape index (κ2) is 6.06. The van der Waals surface area contributed by atoms with Crippen molar-refractivity contribution in [3.63, 3.8) is 0 Å². The van der Waals surface area contributed by atoms with E-state index >= 15 is 0 Å². The van der Waals surface area contributed by atoms with Crippen molar-refractivity contribution < 1.29 is 9.90 Å². The molecule has 3 rings (SSSR count). The highest BCUT2D eigenvalue weighted by Crippen LogP contribution is 2.25. The molecule has 2 aromatic carbocycles. The zero-order chi connectivity index (χ0) is 15.5. The summed E-state index contributed by atoms with van der Waals surface area (Å²) in [5.41, 5.74) is 10.5. The summed E-state index contributed by atoms with van der Waals surface area (Å²) in [7, 11) is 0. The van der Waals surface area contributed by atoms with Crippen molar-refractivity contribution in [1.29, 1.82) is 0 Å². The number of aryl methyl sites for hydroxylation is 2. The number of rotatable bonds is 3. The lowest BCUT2D eigenvalue weighted by molar-refractivity contribution is -0.112. The lowest BCUT2D eigenvalue weighted by Gasteiger charge is -2.16. The van der Waals surface area contributed by atoms with E-state index in [-0.39, 0.29) is 5.75 Å². The fraction of sp³-hybridized carbons (Fsp3) is 0.211. The number of carbonyl (C=O) groups is 1. The minimum atomic E-state index is -0.469. The lowest BCUT2D eigenvalue weighted by atomic mass is 9.90. The van der Waals surface area contributed by atoms with Crippen molar-refractivity contribution in [2.45, 2.75) is 25.7 Å². The third kappa shape index (κ3) is 3.03. The molecule has 0 aliphatic heterocycles. The van der Waals surface area contributed by atoms with E-state index in [1.807, 2.05) is 12.1 Å². The number of aromatic hydroxyl groups is 1. The molecule has 3 N–H and O–H groups in total. The van der Waals surface area contributed by atoms with Gasteiger partial charge in [-0.1, -0.05) is 30.3 Å². The van der Waals surface area contributed by atoms with Gasteiger partial charge in [0.05, 0.1) is 0 Å². The number of fused-ring (bicyclic) bond motifs is 1. The van der Waals surface area contributed by atoms with Crippen molar-refractivity contribution in [1.82, 2.24) is 0 Å². The van der Waals surface area contributed by atoms with Crippen molar-refractivity contribution in [2.75, 3.05) is 0 Å². The van der Waals surface area contributed by atoms with E-state index in [1.165, 1.54) is 24.0 Å². The van der Waals surface area contributed by atoms with Crippen molar-refractivity contribution in [2.24, 2.45) is 5.73 Å². The summed E-state index contributed by atoms with van der Waals surface area (Å²) in [5, 5.41) is 9.36. The molecular weight excluding hydrogens is 274 g/mol. The normalized spacial score (nSPS) is 14.5. The van der Waals surface area contributed by atoms with Gasteiger partial charge in [-0.05, 0) is 66.1 Å². The van der Waals surface area contributed by atoms with Gasteiger partial charge < -0.3 is 10.8 Å². The van der Waals surface area contributed by atoms with Crippen LogP contribution in [-0.2, 0) is 17.6 Å². The molecule has 0 atom stereocenters. The highest BCUT2D eigenvalue weighted by atomic mass is 16.3. The zero-order valence-electron chi connectivity index (χ0n) is 12.4. The maximum atomic E-state index is 11.8. The average Bonchev–Trinajstić information content (AvgIpc) is 2.53. The molecule has 2 aromatic rings. The molecule has 3 heteroatoms. The number of hydrogen-bond donors (Lipinski definition) is 2. The summed E-state index contributed by atoms with van der Waals surface area (Å²) in [6, 6.07) is 12.8. The van der Waals surface area contributed by atoms with Gasteiger partial charge in [-0.3, -0.25) is 4.79 Å². The molecule has 0 aromatic heterocycles. The molecule has 0 saturated carbocycles. The molecule has 0 spiro atoms. The minimum absolute atomic E-state index is 0.168. The predicted molar refractivity (Wildman–Crippen MR) is 88.3 cm³/mol. The standard InChI is InChI=1S/C19H19NO2/c20-19(22)18(15-7-9-17(21)10-8-15)12-13-5-6-14-3-1-2-4-16(14)11-13/h5-12,21H,1-4H2,(H2,20,22)/b18-12-. The van der Waals surface area contributed by atoms with Crippen LogP contribution in [0.5, 0.6) is 5.75 Å². The molecule has 0 unspecified atom stereocenters. The molecule has 0 fully saturated rings. The Bertz CT molecular complexity index is 730. The van der Waals surface area contributed by atoms with Gasteiger partial charge in [-0.15, -0.1) is 0 Å². The summed E-state index contributed by atoms with van der Waals surface area (Å²) in [6.07, 6.45) is 6.54. The number of phenols is 1. The van der Waals surface area contributed by atoms with E-state index in [1.54, 1.807) is 24.3 Å². The van der Waals surface area contributed by atoms with E-state index in [0.29, 0.717) is 11.1 Å². The summed E-state index contributed by atoms with van der Waals surface area (Å²) >= 11 is 0. The Hall–Kier alpha value is -2.55. The second-order valence-corrected chi connectivity index (χ2v) is 5.70. The maximum absolute atomic E-state index is 11.8. The topological polar surface area (TPSA) is 63.3 Å². The molecule has 0 saturated heterocycles. The van der Waals surface area contributed by atoms with Crippen LogP contribution in [0.15, 0.2) is 42.5 Å². The molecule has 22 heavy (non-hydrogen) atoms. The number of amides is 1. The van der Waals surface area contributed by atoms with Crippen molar-refractivity contribution in [3.05, 3.63) is 64.7 Å². The van der Waals surface area contributed by atoms with Gasteiger partial charge in [-0.2, -0.15) is 0 Å². The van der Waals surface area contributed by atoms with Crippen molar-refractivity contribution in [3.8, 4) is 5.75 Å². The maximum Gasteiger partial charge on any atom is 0.249 e. The van der Waals surface area contributed by atoms with Crippen LogP contribution in [-0.4, -0.2) is 11.0 Å². The first kappa shape index (κ1) is 14.4. The number of carbonyl (C=O) groups excluding carboxylic acids is 1. The fourth-order valence-corrected chi connectivity index (χ4v) is 2.95. The Morgan fingerprint density at radius 3 is 2.36 bits per heavy atom. The molecule has 112 valence electrons. The van der Waals surface area contributed by atoms with Gasteiger partial charge in [0, 0.05) is 5.57 Å². The Kier molecular flexibility index (Phi) is 3.96. The second-order valence-electron chi connectivity index (χ2n) is 5.70. The van der Waals surface area contributed by atoms with Gasteiger partial charge >= 0.3 is 0 Å². The lowest BCUT2D eigenvalue weighted by Crippen LogP contribution is -2.12. The number of hydrogen-bond acceptors (Lipinski definition) is 2. The first-order chi connectivity index (χ1) is 10.6. The Morgan fingerprint density at radius 2 is 1.68 bits per heavy atom. The molecule has 1 amide bonds. The molecule has 3 nitrogen and oxygen atoms in total. The van der Waals surface area contributed by atoms with Crippen LogP contribution in [0.4, 0.5) is 0 Å². The summed E-state index contributed by atoms with van der Waals surface area (Å²) in [6.45, 7) is 0. The molecule has 0 heterocycles. The predicted octanol–water partition coefficient (Wildman–Crippen LogP) is 3.30. The fourth-order valence-electron chi connectivity index (χ4n) is 2.95. The smallest absolute Gasteiger partial charge is 0.249 e. The summed E-state index contributed by atoms with van der Waals surface area (Å²) in [5.74, 6) is -0.301. The van der Waals surface area contributed by atoms with Gasteiger partial charge in [0.25, 0.3) is 0 Å². The van der Waals surface area contributed by atoms with Gasteiger partial charge in [0.15, 0.2) is 0 Å². The Labute approximate surface area is 130 Å². The Balaban J connectivity index is 1.99. The van der Waals surface area contributed by atoms with E-state index in [2.05, 4.69) is 12.1 Å². The van der Waals surface area contributed by atoms with Crippen molar-refractivity contribution >= 4 is 17.6 Å². The summed E-state index contributed by atoms with van der Waals surface area (Å²) < 4.78 is 0. The quantitative estimate of drug-likeness (QED) is 0.673. The highest BCUT2D eigenvalue weighted by molar-refractivity contribution is 6.23. The minimum Gasteiger partial charge on any atom is -0.508 e. The number of phenolic OH excluding ortho intramolecular Hbond substituents is 1. The molecule has 1 aliphatic carbocycles. The molecule has 0 bridgehead atoms.